The second-order valence-electron chi connectivity index (χ2n) is 8.96. The van der Waals surface area contributed by atoms with Gasteiger partial charge in [-0.05, 0) is 34.3 Å². The predicted octanol–water partition coefficient (Wildman–Crippen LogP) is 4.57. The molecule has 15 heteroatoms. The quantitative estimate of drug-likeness (QED) is 0.347. The van der Waals surface area contributed by atoms with Crippen LogP contribution in [0.3, 0.4) is 0 Å². The second-order valence-corrected chi connectivity index (χ2v) is 10.9. The normalized spacial score (nSPS) is 14.9. The van der Waals surface area contributed by atoms with Gasteiger partial charge in [0, 0.05) is 42.5 Å². The van der Waals surface area contributed by atoms with Crippen molar-refractivity contribution in [2.45, 2.75) is 30.3 Å². The Hall–Kier alpha value is -3.85. The van der Waals surface area contributed by atoms with Crippen LogP contribution in [-0.2, 0) is 25.1 Å². The van der Waals surface area contributed by atoms with Crippen molar-refractivity contribution in [3.8, 4) is 0 Å². The Kier molecular flexibility index (Phi) is 6.78. The van der Waals surface area contributed by atoms with E-state index in [-0.39, 0.29) is 16.0 Å². The highest BCUT2D eigenvalue weighted by molar-refractivity contribution is 7.89. The molecule has 1 aromatic heterocycles. The van der Waals surface area contributed by atoms with Crippen LogP contribution in [0, 0.1) is 11.6 Å². The van der Waals surface area contributed by atoms with Gasteiger partial charge in [0.15, 0.2) is 11.6 Å². The molecule has 1 N–H and O–H groups in total. The molecule has 0 bridgehead atoms. The molecule has 202 valence electrons. The number of aromatic nitrogens is 2. The van der Waals surface area contributed by atoms with Crippen molar-refractivity contribution >= 4 is 39.0 Å². The summed E-state index contributed by atoms with van der Waals surface area (Å²) < 4.78 is 90.1. The molecule has 0 fully saturated rings. The SMILES string of the molecule is CN(OC(=O)C(F)(F)F)S(=O)(=O)c1ccc2c(c1)N(c1cc(Nc3ccc(F)c(F)c3)ncn1)CC2(C)C. The molecule has 0 spiro atoms. The molecule has 2 heterocycles. The van der Waals surface area contributed by atoms with Gasteiger partial charge in [0.05, 0.1) is 4.90 Å². The number of alkyl halides is 3. The first-order valence-corrected chi connectivity index (χ1v) is 12.3. The maximum atomic E-state index is 13.6. The Morgan fingerprint density at radius 3 is 2.45 bits per heavy atom. The largest absolute Gasteiger partial charge is 0.492 e. The van der Waals surface area contributed by atoms with Crippen molar-refractivity contribution in [1.29, 1.82) is 0 Å². The van der Waals surface area contributed by atoms with Gasteiger partial charge in [-0.1, -0.05) is 19.9 Å². The molecule has 0 saturated heterocycles. The minimum atomic E-state index is -5.39. The number of nitrogens with one attached hydrogen (secondary N) is 1. The highest BCUT2D eigenvalue weighted by atomic mass is 32.2. The molecule has 1 aliphatic heterocycles. The average molecular weight is 558 g/mol. The molecule has 4 rings (SSSR count). The van der Waals surface area contributed by atoms with Gasteiger partial charge in [0.25, 0.3) is 10.0 Å². The smallest absolute Gasteiger partial charge is 0.345 e. The van der Waals surface area contributed by atoms with Crippen LogP contribution in [0.4, 0.5) is 45.0 Å². The van der Waals surface area contributed by atoms with Gasteiger partial charge in [-0.15, -0.1) is 0 Å². The average Bonchev–Trinajstić information content (AvgIpc) is 3.11. The van der Waals surface area contributed by atoms with Gasteiger partial charge in [-0.25, -0.2) is 32.0 Å². The van der Waals surface area contributed by atoms with E-state index >= 15 is 0 Å². The lowest BCUT2D eigenvalue weighted by Gasteiger charge is -2.22. The Bertz CT molecular complexity index is 1510. The van der Waals surface area contributed by atoms with Gasteiger partial charge < -0.3 is 15.1 Å². The summed E-state index contributed by atoms with van der Waals surface area (Å²) >= 11 is 0. The number of nitrogens with zero attached hydrogens (tertiary/aromatic N) is 4. The van der Waals surface area contributed by atoms with E-state index in [4.69, 9.17) is 0 Å². The third-order valence-electron chi connectivity index (χ3n) is 5.74. The fraction of sp³-hybridized carbons (Fsp3) is 0.261. The van der Waals surface area contributed by atoms with E-state index in [0.29, 0.717) is 25.1 Å². The number of benzene rings is 2. The van der Waals surface area contributed by atoms with E-state index in [0.717, 1.165) is 17.7 Å². The topological polar surface area (TPSA) is 105 Å². The van der Waals surface area contributed by atoms with Crippen molar-refractivity contribution in [1.82, 2.24) is 14.4 Å². The number of halogens is 5. The van der Waals surface area contributed by atoms with Crippen LogP contribution < -0.4 is 10.2 Å². The maximum Gasteiger partial charge on any atom is 0.492 e. The fourth-order valence-corrected chi connectivity index (χ4v) is 4.85. The van der Waals surface area contributed by atoms with Gasteiger partial charge >= 0.3 is 12.1 Å². The van der Waals surface area contributed by atoms with Crippen molar-refractivity contribution in [3.05, 3.63) is 66.0 Å². The number of carbonyl (C=O) groups excluding carboxylic acids is 1. The minimum Gasteiger partial charge on any atom is -0.345 e. The number of fused-ring (bicyclic) bond motifs is 1. The summed E-state index contributed by atoms with van der Waals surface area (Å²) in [5.41, 5.74) is 0.843. The third-order valence-corrected chi connectivity index (χ3v) is 7.34. The molecule has 1 aliphatic rings. The summed E-state index contributed by atoms with van der Waals surface area (Å²) in [5, 5.41) is 2.83. The minimum absolute atomic E-state index is 0.149. The van der Waals surface area contributed by atoms with Gasteiger partial charge in [-0.2, -0.15) is 13.2 Å². The highest BCUT2D eigenvalue weighted by Crippen LogP contribution is 2.45. The fourth-order valence-electron chi connectivity index (χ4n) is 3.89. The van der Waals surface area contributed by atoms with E-state index in [1.807, 2.05) is 13.8 Å². The summed E-state index contributed by atoms with van der Waals surface area (Å²) in [4.78, 5) is 24.7. The summed E-state index contributed by atoms with van der Waals surface area (Å²) in [7, 11) is -3.99. The Morgan fingerprint density at radius 2 is 1.79 bits per heavy atom. The number of anilines is 4. The lowest BCUT2D eigenvalue weighted by Crippen LogP contribution is -2.36. The van der Waals surface area contributed by atoms with Crippen molar-refractivity contribution in [2.24, 2.45) is 0 Å². The van der Waals surface area contributed by atoms with Crippen molar-refractivity contribution in [3.63, 3.8) is 0 Å². The molecule has 2 aromatic carbocycles. The highest BCUT2D eigenvalue weighted by Gasteiger charge is 2.44. The Morgan fingerprint density at radius 1 is 1.08 bits per heavy atom. The summed E-state index contributed by atoms with van der Waals surface area (Å²) in [6, 6.07) is 8.67. The Balaban J connectivity index is 1.67. The van der Waals surface area contributed by atoms with Crippen molar-refractivity contribution < 1.29 is 40.0 Å². The number of rotatable bonds is 6. The van der Waals surface area contributed by atoms with E-state index in [1.54, 1.807) is 4.90 Å². The number of hydrogen-bond donors (Lipinski definition) is 1. The molecule has 0 atom stereocenters. The molecule has 3 aromatic rings. The first-order chi connectivity index (χ1) is 17.6. The maximum absolute atomic E-state index is 13.6. The second kappa shape index (κ2) is 9.47. The van der Waals surface area contributed by atoms with Crippen LogP contribution in [0.15, 0.2) is 53.7 Å². The van der Waals surface area contributed by atoms with Crippen LogP contribution in [0.5, 0.6) is 0 Å². The molecule has 0 unspecified atom stereocenters. The molecular weight excluding hydrogens is 537 g/mol. The van der Waals surface area contributed by atoms with Crippen molar-refractivity contribution in [2.75, 3.05) is 23.8 Å². The van der Waals surface area contributed by atoms with Crippen LogP contribution in [0.25, 0.3) is 0 Å². The summed E-state index contributed by atoms with van der Waals surface area (Å²) in [6.45, 7) is 4.14. The monoisotopic (exact) mass is 557 g/mol. The number of hydroxylamine groups is 1. The van der Waals surface area contributed by atoms with E-state index in [2.05, 4.69) is 20.1 Å². The lowest BCUT2D eigenvalue weighted by atomic mass is 9.87. The van der Waals surface area contributed by atoms with Gasteiger partial charge in [-0.3, -0.25) is 0 Å². The third kappa shape index (κ3) is 5.24. The van der Waals surface area contributed by atoms with Gasteiger partial charge in [0.2, 0.25) is 0 Å². The zero-order chi connectivity index (χ0) is 28.0. The van der Waals surface area contributed by atoms with E-state index in [9.17, 15) is 35.2 Å². The van der Waals surface area contributed by atoms with Crippen LogP contribution in [0.1, 0.15) is 19.4 Å². The summed E-state index contributed by atoms with van der Waals surface area (Å²) in [6.07, 6.45) is -4.17. The molecule has 38 heavy (non-hydrogen) atoms. The first-order valence-electron chi connectivity index (χ1n) is 10.8. The zero-order valence-corrected chi connectivity index (χ0v) is 20.9. The molecule has 9 nitrogen and oxygen atoms in total. The standard InChI is InChI=1S/C23H20F5N5O4S/c1-22(2)11-33(20-10-19(29-12-30-20)31-13-4-7-16(24)17(25)8-13)18-9-14(5-6-15(18)22)38(35,36)32(3)37-21(34)23(26,27)28/h4-10,12H,11H2,1-3H3,(H,29,30,31). The molecule has 0 amide bonds. The number of hydrogen-bond acceptors (Lipinski definition) is 8. The molecular formula is C23H20F5N5O4S. The van der Waals surface area contributed by atoms with Crippen LogP contribution >= 0.6 is 0 Å². The first kappa shape index (κ1) is 27.2. The van der Waals surface area contributed by atoms with Gasteiger partial charge in [0.1, 0.15) is 18.0 Å². The number of sulfonamides is 1. The molecule has 0 aliphatic carbocycles. The van der Waals surface area contributed by atoms with Crippen LogP contribution in [0.2, 0.25) is 0 Å². The van der Waals surface area contributed by atoms with E-state index in [1.165, 1.54) is 36.7 Å². The van der Waals surface area contributed by atoms with E-state index < -0.39 is 44.1 Å². The molecule has 0 saturated carbocycles. The Labute approximate surface area is 213 Å². The predicted molar refractivity (Wildman–Crippen MR) is 125 cm³/mol. The zero-order valence-electron chi connectivity index (χ0n) is 20.0. The molecule has 0 radical (unpaired) electrons. The lowest BCUT2D eigenvalue weighted by molar-refractivity contribution is -0.219. The summed E-state index contributed by atoms with van der Waals surface area (Å²) in [5.74, 6) is -4.20. The van der Waals surface area contributed by atoms with Crippen LogP contribution in [-0.4, -0.2) is 48.6 Å². The number of carbonyl (C=O) groups is 1.